The highest BCUT2D eigenvalue weighted by molar-refractivity contribution is 7.89. The average Bonchev–Trinajstić information content (AvgIpc) is 2.83. The molecule has 1 aliphatic heterocycles. The van der Waals surface area contributed by atoms with Crippen LogP contribution in [0.5, 0.6) is 5.75 Å². The normalized spacial score (nSPS) is 15.3. The second-order valence-electron chi connectivity index (χ2n) is 7.32. The first-order valence-electron chi connectivity index (χ1n) is 10.7. The van der Waals surface area contributed by atoms with E-state index in [9.17, 15) is 23.3 Å². The lowest BCUT2D eigenvalue weighted by atomic mass is 10.1. The van der Waals surface area contributed by atoms with Gasteiger partial charge in [0, 0.05) is 37.8 Å². The zero-order valence-corrected chi connectivity index (χ0v) is 19.4. The van der Waals surface area contributed by atoms with Gasteiger partial charge in [0.1, 0.15) is 0 Å². The number of rotatable bonds is 9. The van der Waals surface area contributed by atoms with E-state index in [0.717, 1.165) is 6.07 Å². The first kappa shape index (κ1) is 24.6. The summed E-state index contributed by atoms with van der Waals surface area (Å²) in [5.74, 6) is -0.535. The summed E-state index contributed by atoms with van der Waals surface area (Å²) in [6.07, 6.45) is -1.13. The van der Waals surface area contributed by atoms with Gasteiger partial charge >= 0.3 is 5.69 Å². The topological polar surface area (TPSA) is 119 Å². The molecule has 1 aliphatic rings. The molecule has 0 saturated carbocycles. The van der Waals surface area contributed by atoms with Crippen molar-refractivity contribution in [2.24, 2.45) is 0 Å². The van der Waals surface area contributed by atoms with Gasteiger partial charge in [-0.2, -0.15) is 4.31 Å². The summed E-state index contributed by atoms with van der Waals surface area (Å²) in [6.45, 7) is 5.40. The van der Waals surface area contributed by atoms with Crippen molar-refractivity contribution < 1.29 is 27.6 Å². The van der Waals surface area contributed by atoms with Crippen LogP contribution in [0.2, 0.25) is 0 Å². The van der Waals surface area contributed by atoms with Crippen LogP contribution in [0.25, 0.3) is 0 Å². The molecule has 0 radical (unpaired) electrons. The van der Waals surface area contributed by atoms with Crippen LogP contribution < -0.4 is 4.74 Å². The molecule has 1 fully saturated rings. The van der Waals surface area contributed by atoms with Crippen LogP contribution >= 0.6 is 0 Å². The van der Waals surface area contributed by atoms with Gasteiger partial charge in [-0.15, -0.1) is 0 Å². The van der Waals surface area contributed by atoms with Gasteiger partial charge in [-0.3, -0.25) is 14.9 Å². The van der Waals surface area contributed by atoms with Crippen LogP contribution in [-0.4, -0.2) is 67.8 Å². The highest BCUT2D eigenvalue weighted by Gasteiger charge is 2.32. The van der Waals surface area contributed by atoms with Crippen LogP contribution in [-0.2, 0) is 19.6 Å². The molecule has 0 unspecified atom stereocenters. The van der Waals surface area contributed by atoms with Crippen molar-refractivity contribution in [1.29, 1.82) is 0 Å². The number of morpholine rings is 1. The fraction of sp³-hybridized carbons (Fsp3) is 0.409. The Labute approximate surface area is 192 Å². The molecule has 2 aromatic rings. The molecular weight excluding hydrogens is 450 g/mol. The molecule has 0 aromatic heterocycles. The molecule has 1 atom stereocenters. The Morgan fingerprint density at radius 3 is 2.36 bits per heavy atom. The number of nitro benzene ring substituents is 1. The third-order valence-electron chi connectivity index (χ3n) is 5.36. The van der Waals surface area contributed by atoms with Gasteiger partial charge in [-0.05, 0) is 12.1 Å². The van der Waals surface area contributed by atoms with Crippen LogP contribution in [0.3, 0.4) is 0 Å². The van der Waals surface area contributed by atoms with Crippen molar-refractivity contribution in [3.05, 3.63) is 64.2 Å². The summed E-state index contributed by atoms with van der Waals surface area (Å²) in [7, 11) is -3.90. The quantitative estimate of drug-likeness (QED) is 0.402. The molecule has 0 spiro atoms. The van der Waals surface area contributed by atoms with E-state index >= 15 is 0 Å². The van der Waals surface area contributed by atoms with Gasteiger partial charge in [-0.25, -0.2) is 8.42 Å². The maximum absolute atomic E-state index is 13.3. The average molecular weight is 478 g/mol. The van der Waals surface area contributed by atoms with Gasteiger partial charge in [0.2, 0.25) is 16.1 Å². The first-order valence-corrected chi connectivity index (χ1v) is 12.1. The zero-order valence-electron chi connectivity index (χ0n) is 18.5. The summed E-state index contributed by atoms with van der Waals surface area (Å²) in [5, 5.41) is 11.8. The molecule has 0 N–H and O–H groups in total. The second-order valence-corrected chi connectivity index (χ2v) is 9.26. The van der Waals surface area contributed by atoms with Crippen molar-refractivity contribution >= 4 is 21.6 Å². The standard InChI is InChI=1S/C22H27N3O7S/c1-3-24(4-2)33(29,30)18-10-11-20(19(16-18)25(27)28)32-21(17-8-6-5-7-9-17)22(26)23-12-14-31-15-13-23/h5-11,16,21H,3-4,12-15H2,1-2H3/t21-/m0/s1. The lowest BCUT2D eigenvalue weighted by Crippen LogP contribution is -2.44. The maximum atomic E-state index is 13.3. The van der Waals surface area contributed by atoms with Gasteiger partial charge in [0.15, 0.2) is 5.75 Å². The fourth-order valence-electron chi connectivity index (χ4n) is 3.58. The number of sulfonamides is 1. The van der Waals surface area contributed by atoms with Crippen molar-refractivity contribution in [1.82, 2.24) is 9.21 Å². The summed E-state index contributed by atoms with van der Waals surface area (Å²) >= 11 is 0. The Morgan fingerprint density at radius 1 is 1.15 bits per heavy atom. The molecule has 0 aliphatic carbocycles. The number of hydrogen-bond acceptors (Lipinski definition) is 7. The van der Waals surface area contributed by atoms with Crippen LogP contribution in [0, 0.1) is 10.1 Å². The number of ether oxygens (including phenoxy) is 2. The molecule has 10 nitrogen and oxygen atoms in total. The summed E-state index contributed by atoms with van der Waals surface area (Å²) < 4.78 is 38.1. The maximum Gasteiger partial charge on any atom is 0.312 e. The van der Waals surface area contributed by atoms with Crippen LogP contribution in [0.1, 0.15) is 25.5 Å². The number of hydrogen-bond donors (Lipinski definition) is 0. The Morgan fingerprint density at radius 2 is 1.79 bits per heavy atom. The minimum absolute atomic E-state index is 0.186. The third kappa shape index (κ3) is 5.49. The minimum atomic E-state index is -3.90. The van der Waals surface area contributed by atoms with Gasteiger partial charge in [-0.1, -0.05) is 44.2 Å². The van der Waals surface area contributed by atoms with Gasteiger partial charge < -0.3 is 14.4 Å². The van der Waals surface area contributed by atoms with E-state index in [-0.39, 0.29) is 29.6 Å². The van der Waals surface area contributed by atoms with Gasteiger partial charge in [0.25, 0.3) is 5.91 Å². The minimum Gasteiger partial charge on any atom is -0.469 e. The highest BCUT2D eigenvalue weighted by atomic mass is 32.2. The van der Waals surface area contributed by atoms with Crippen LogP contribution in [0.15, 0.2) is 53.4 Å². The monoisotopic (exact) mass is 477 g/mol. The molecule has 3 rings (SSSR count). The lowest BCUT2D eigenvalue weighted by molar-refractivity contribution is -0.386. The molecule has 178 valence electrons. The molecule has 2 aromatic carbocycles. The number of nitro groups is 1. The van der Waals surface area contributed by atoms with Crippen molar-refractivity contribution in [3.63, 3.8) is 0 Å². The number of amides is 1. The predicted octanol–water partition coefficient (Wildman–Crippen LogP) is 2.60. The van der Waals surface area contributed by atoms with E-state index in [2.05, 4.69) is 0 Å². The molecule has 33 heavy (non-hydrogen) atoms. The number of carbonyl (C=O) groups is 1. The summed E-state index contributed by atoms with van der Waals surface area (Å²) in [4.78, 5) is 25.7. The Kier molecular flexibility index (Phi) is 8.01. The molecular formula is C22H27N3O7S. The van der Waals surface area contributed by atoms with Crippen molar-refractivity contribution in [2.75, 3.05) is 39.4 Å². The van der Waals surface area contributed by atoms with E-state index in [1.165, 1.54) is 16.4 Å². The van der Waals surface area contributed by atoms with E-state index in [4.69, 9.17) is 9.47 Å². The molecule has 11 heteroatoms. The first-order chi connectivity index (χ1) is 15.8. The predicted molar refractivity (Wildman–Crippen MR) is 120 cm³/mol. The zero-order chi connectivity index (χ0) is 24.0. The second kappa shape index (κ2) is 10.7. The fourth-order valence-corrected chi connectivity index (χ4v) is 5.06. The third-order valence-corrected chi connectivity index (χ3v) is 7.41. The highest BCUT2D eigenvalue weighted by Crippen LogP contribution is 2.34. The van der Waals surface area contributed by atoms with Crippen molar-refractivity contribution in [2.45, 2.75) is 24.8 Å². The van der Waals surface area contributed by atoms with E-state index in [1.54, 1.807) is 49.1 Å². The van der Waals surface area contributed by atoms with E-state index < -0.39 is 26.7 Å². The number of carbonyl (C=O) groups excluding carboxylic acids is 1. The Bertz CT molecular complexity index is 1080. The molecule has 0 bridgehead atoms. The number of nitrogens with zero attached hydrogens (tertiary/aromatic N) is 3. The van der Waals surface area contributed by atoms with E-state index in [1.807, 2.05) is 0 Å². The smallest absolute Gasteiger partial charge is 0.312 e. The SMILES string of the molecule is CCN(CC)S(=O)(=O)c1ccc(O[C@H](C(=O)N2CCOCC2)c2ccccc2)c([N+](=O)[O-])c1. The molecule has 1 amide bonds. The Hall–Kier alpha value is -3.02. The molecule has 1 saturated heterocycles. The van der Waals surface area contributed by atoms with Crippen molar-refractivity contribution in [3.8, 4) is 5.75 Å². The summed E-state index contributed by atoms with van der Waals surface area (Å²) in [5.41, 5.74) is 0.00192. The van der Waals surface area contributed by atoms with Crippen LogP contribution in [0.4, 0.5) is 5.69 Å². The molecule has 1 heterocycles. The summed E-state index contributed by atoms with van der Waals surface area (Å²) in [6, 6.07) is 12.1. The lowest BCUT2D eigenvalue weighted by Gasteiger charge is -2.30. The largest absolute Gasteiger partial charge is 0.469 e. The Balaban J connectivity index is 2.00. The van der Waals surface area contributed by atoms with Gasteiger partial charge in [0.05, 0.1) is 23.0 Å². The number of benzene rings is 2. The van der Waals surface area contributed by atoms with E-state index in [0.29, 0.717) is 31.9 Å².